The Balaban J connectivity index is 2.12. The van der Waals surface area contributed by atoms with Crippen LogP contribution >= 0.6 is 0 Å². The summed E-state index contributed by atoms with van der Waals surface area (Å²) in [5.74, 6) is 0.921. The highest BCUT2D eigenvalue weighted by atomic mass is 16.6. The van der Waals surface area contributed by atoms with Crippen LogP contribution in [0.15, 0.2) is 24.1 Å². The van der Waals surface area contributed by atoms with Crippen LogP contribution in [-0.2, 0) is 9.47 Å². The molecule has 0 bridgehead atoms. The molecule has 0 amide bonds. The lowest BCUT2D eigenvalue weighted by Crippen LogP contribution is -2.29. The highest BCUT2D eigenvalue weighted by molar-refractivity contribution is 5.21. The number of hydrogen-bond acceptors (Lipinski definition) is 3. The normalized spacial score (nSPS) is 31.1. The molecule has 0 aromatic carbocycles. The summed E-state index contributed by atoms with van der Waals surface area (Å²) in [7, 11) is 1.68. The number of allylic oxidation sites excluding steroid dienone is 2. The summed E-state index contributed by atoms with van der Waals surface area (Å²) in [6.45, 7) is 4.31. The number of fused-ring (bicyclic) bond motifs is 1. The van der Waals surface area contributed by atoms with Crippen molar-refractivity contribution in [1.29, 1.82) is 0 Å². The Morgan fingerprint density at radius 1 is 1.54 bits per heavy atom. The second-order valence-corrected chi connectivity index (χ2v) is 3.60. The van der Waals surface area contributed by atoms with Gasteiger partial charge in [-0.1, -0.05) is 0 Å². The van der Waals surface area contributed by atoms with Crippen molar-refractivity contribution in [2.75, 3.05) is 7.11 Å². The number of ether oxygens (including phenoxy) is 2. The summed E-state index contributed by atoms with van der Waals surface area (Å²) < 4.78 is 10.7. The number of hydrogen-bond donors (Lipinski definition) is 0. The van der Waals surface area contributed by atoms with E-state index in [1.165, 1.54) is 0 Å². The molecule has 2 aliphatic heterocycles. The molecule has 72 valence electrons. The van der Waals surface area contributed by atoms with Crippen LogP contribution < -0.4 is 0 Å². The Morgan fingerprint density at radius 3 is 2.92 bits per heavy atom. The van der Waals surface area contributed by atoms with Gasteiger partial charge in [0.15, 0.2) is 12.3 Å². The molecule has 0 aromatic rings. The molecule has 0 spiro atoms. The fourth-order valence-electron chi connectivity index (χ4n) is 1.61. The van der Waals surface area contributed by atoms with Gasteiger partial charge in [-0.15, -0.1) is 0 Å². The molecule has 0 saturated carbocycles. The van der Waals surface area contributed by atoms with Gasteiger partial charge in [0, 0.05) is 12.2 Å². The fourth-order valence-corrected chi connectivity index (χ4v) is 1.61. The van der Waals surface area contributed by atoms with Crippen LogP contribution in [0.3, 0.4) is 0 Å². The lowest BCUT2D eigenvalue weighted by Gasteiger charge is -2.21. The first-order valence-corrected chi connectivity index (χ1v) is 4.59. The third-order valence-electron chi connectivity index (χ3n) is 2.39. The van der Waals surface area contributed by atoms with Gasteiger partial charge in [0.25, 0.3) is 0 Å². The minimum Gasteiger partial charge on any atom is -0.498 e. The van der Waals surface area contributed by atoms with Crippen molar-refractivity contribution in [2.45, 2.75) is 32.2 Å². The van der Waals surface area contributed by atoms with Gasteiger partial charge in [0.2, 0.25) is 0 Å². The first-order chi connectivity index (χ1) is 6.24. The molecule has 0 radical (unpaired) electrons. The molecule has 3 heteroatoms. The third-order valence-corrected chi connectivity index (χ3v) is 2.39. The SMILES string of the molecule is COC1=CC=CN(C(C)C)C2OC12. The molecule has 2 unspecified atom stereocenters. The summed E-state index contributed by atoms with van der Waals surface area (Å²) in [6.07, 6.45) is 6.36. The van der Waals surface area contributed by atoms with E-state index in [-0.39, 0.29) is 12.3 Å². The molecule has 2 aliphatic rings. The minimum absolute atomic E-state index is 0.141. The zero-order chi connectivity index (χ0) is 9.42. The standard InChI is InChI=1S/C10H15NO2/c1-7(2)11-6-4-5-8(12-3)9-10(11)13-9/h4-7,9-10H,1-3H3. The van der Waals surface area contributed by atoms with E-state index in [4.69, 9.17) is 9.47 Å². The van der Waals surface area contributed by atoms with E-state index >= 15 is 0 Å². The first-order valence-electron chi connectivity index (χ1n) is 4.59. The topological polar surface area (TPSA) is 25.0 Å². The number of rotatable bonds is 2. The van der Waals surface area contributed by atoms with Gasteiger partial charge < -0.3 is 14.4 Å². The molecule has 1 saturated heterocycles. The lowest BCUT2D eigenvalue weighted by atomic mass is 10.3. The van der Waals surface area contributed by atoms with Gasteiger partial charge in [-0.25, -0.2) is 0 Å². The first kappa shape index (κ1) is 8.63. The minimum atomic E-state index is 0.141. The van der Waals surface area contributed by atoms with Crippen LogP contribution in [0.25, 0.3) is 0 Å². The summed E-state index contributed by atoms with van der Waals surface area (Å²) in [5.41, 5.74) is 0. The number of epoxide rings is 1. The van der Waals surface area contributed by atoms with E-state index in [0.29, 0.717) is 6.04 Å². The molecular formula is C10H15NO2. The van der Waals surface area contributed by atoms with E-state index in [2.05, 4.69) is 24.9 Å². The Morgan fingerprint density at radius 2 is 2.31 bits per heavy atom. The van der Waals surface area contributed by atoms with E-state index in [1.54, 1.807) is 7.11 Å². The van der Waals surface area contributed by atoms with Crippen LogP contribution in [0, 0.1) is 0 Å². The summed E-state index contributed by atoms with van der Waals surface area (Å²) in [5, 5.41) is 0. The Labute approximate surface area is 78.6 Å². The highest BCUT2D eigenvalue weighted by Crippen LogP contribution is 2.35. The molecular weight excluding hydrogens is 166 g/mol. The molecule has 2 rings (SSSR count). The van der Waals surface area contributed by atoms with Gasteiger partial charge >= 0.3 is 0 Å². The Hall–Kier alpha value is -0.960. The number of methoxy groups -OCH3 is 1. The summed E-state index contributed by atoms with van der Waals surface area (Å²) >= 11 is 0. The Bertz CT molecular complexity index is 258. The van der Waals surface area contributed by atoms with Gasteiger partial charge in [0.05, 0.1) is 7.11 Å². The van der Waals surface area contributed by atoms with Crippen molar-refractivity contribution in [1.82, 2.24) is 4.90 Å². The van der Waals surface area contributed by atoms with Crippen molar-refractivity contribution in [3.63, 3.8) is 0 Å². The van der Waals surface area contributed by atoms with E-state index in [1.807, 2.05) is 12.2 Å². The van der Waals surface area contributed by atoms with Crippen molar-refractivity contribution in [3.8, 4) is 0 Å². The summed E-state index contributed by atoms with van der Waals surface area (Å²) in [6, 6.07) is 0.468. The van der Waals surface area contributed by atoms with Gasteiger partial charge in [0.1, 0.15) is 5.76 Å². The number of nitrogens with zero attached hydrogens (tertiary/aromatic N) is 1. The van der Waals surface area contributed by atoms with E-state index in [9.17, 15) is 0 Å². The molecule has 3 nitrogen and oxygen atoms in total. The predicted octanol–water partition coefficient (Wildman–Crippen LogP) is 1.48. The average Bonchev–Trinajstić information content (AvgIpc) is 2.80. The van der Waals surface area contributed by atoms with Crippen LogP contribution in [-0.4, -0.2) is 30.4 Å². The lowest BCUT2D eigenvalue weighted by molar-refractivity contribution is 0.196. The zero-order valence-electron chi connectivity index (χ0n) is 8.23. The predicted molar refractivity (Wildman–Crippen MR) is 49.9 cm³/mol. The van der Waals surface area contributed by atoms with Crippen molar-refractivity contribution in [3.05, 3.63) is 24.1 Å². The Kier molecular flexibility index (Phi) is 2.04. The molecule has 0 aliphatic carbocycles. The molecule has 1 fully saturated rings. The smallest absolute Gasteiger partial charge is 0.165 e. The molecule has 0 aromatic heterocycles. The van der Waals surface area contributed by atoms with E-state index in [0.717, 1.165) is 5.76 Å². The van der Waals surface area contributed by atoms with Gasteiger partial charge in [-0.2, -0.15) is 0 Å². The largest absolute Gasteiger partial charge is 0.498 e. The second-order valence-electron chi connectivity index (χ2n) is 3.60. The maximum Gasteiger partial charge on any atom is 0.165 e. The van der Waals surface area contributed by atoms with Crippen LogP contribution in [0.2, 0.25) is 0 Å². The summed E-state index contributed by atoms with van der Waals surface area (Å²) in [4.78, 5) is 2.20. The van der Waals surface area contributed by atoms with Crippen molar-refractivity contribution < 1.29 is 9.47 Å². The van der Waals surface area contributed by atoms with Crippen molar-refractivity contribution in [2.24, 2.45) is 0 Å². The van der Waals surface area contributed by atoms with Gasteiger partial charge in [-0.3, -0.25) is 0 Å². The third kappa shape index (κ3) is 1.44. The average molecular weight is 181 g/mol. The maximum atomic E-state index is 5.52. The van der Waals surface area contributed by atoms with Crippen LogP contribution in [0.4, 0.5) is 0 Å². The molecule has 13 heavy (non-hydrogen) atoms. The zero-order valence-corrected chi connectivity index (χ0v) is 8.23. The molecule has 2 atom stereocenters. The van der Waals surface area contributed by atoms with Crippen LogP contribution in [0.1, 0.15) is 13.8 Å². The molecule has 0 N–H and O–H groups in total. The maximum absolute atomic E-state index is 5.52. The van der Waals surface area contributed by atoms with Gasteiger partial charge in [-0.05, 0) is 26.0 Å². The molecule has 2 heterocycles. The van der Waals surface area contributed by atoms with Crippen molar-refractivity contribution >= 4 is 0 Å². The second kappa shape index (κ2) is 3.07. The van der Waals surface area contributed by atoms with Crippen LogP contribution in [0.5, 0.6) is 0 Å². The quantitative estimate of drug-likeness (QED) is 0.603. The van der Waals surface area contributed by atoms with E-state index < -0.39 is 0 Å². The highest BCUT2D eigenvalue weighted by Gasteiger charge is 2.47. The monoisotopic (exact) mass is 181 g/mol. The fraction of sp³-hybridized carbons (Fsp3) is 0.600.